The van der Waals surface area contributed by atoms with E-state index in [1.54, 1.807) is 18.4 Å². The lowest BCUT2D eigenvalue weighted by Gasteiger charge is -2.07. The second-order valence-electron chi connectivity index (χ2n) is 6.13. The van der Waals surface area contributed by atoms with Crippen LogP contribution in [0.3, 0.4) is 0 Å². The number of rotatable bonds is 4. The average molecular weight is 372 g/mol. The van der Waals surface area contributed by atoms with Crippen LogP contribution < -0.4 is 10.1 Å². The number of nitrogens with zero attached hydrogens (tertiary/aromatic N) is 2. The first-order valence-corrected chi connectivity index (χ1v) is 9.37. The molecule has 0 saturated carbocycles. The van der Waals surface area contributed by atoms with E-state index < -0.39 is 0 Å². The van der Waals surface area contributed by atoms with Gasteiger partial charge in [0.25, 0.3) is 0 Å². The summed E-state index contributed by atoms with van der Waals surface area (Å²) in [5.74, 6) is 1.67. The number of ether oxygens (including phenoxy) is 1. The molecule has 0 saturated heterocycles. The van der Waals surface area contributed by atoms with E-state index in [9.17, 15) is 0 Å². The van der Waals surface area contributed by atoms with Gasteiger partial charge >= 0.3 is 0 Å². The van der Waals surface area contributed by atoms with Crippen molar-refractivity contribution >= 4 is 43.4 Å². The molecule has 0 aliphatic carbocycles. The van der Waals surface area contributed by atoms with Crippen molar-refractivity contribution in [1.29, 1.82) is 0 Å². The van der Waals surface area contributed by atoms with Crippen molar-refractivity contribution in [3.8, 4) is 17.1 Å². The Labute approximate surface area is 159 Å². The van der Waals surface area contributed by atoms with E-state index in [2.05, 4.69) is 21.4 Å². The molecule has 6 heteroatoms. The van der Waals surface area contributed by atoms with E-state index in [1.165, 1.54) is 0 Å². The molecular formula is C21H16N4OS. The Bertz CT molecular complexity index is 1220. The minimum Gasteiger partial charge on any atom is -0.497 e. The molecule has 2 N–H and O–H groups in total. The third-order valence-corrected chi connectivity index (χ3v) is 5.34. The van der Waals surface area contributed by atoms with Crippen molar-refractivity contribution in [3.63, 3.8) is 0 Å². The SMILES string of the molecule is COc1ccc2nc(Nc3ccccc3-c3nc4ccccc4[nH]3)sc2c1. The Morgan fingerprint density at radius 3 is 2.67 bits per heavy atom. The van der Waals surface area contributed by atoms with Gasteiger partial charge in [0.05, 0.1) is 34.0 Å². The van der Waals surface area contributed by atoms with Crippen LogP contribution in [0.2, 0.25) is 0 Å². The number of anilines is 2. The second kappa shape index (κ2) is 6.41. The van der Waals surface area contributed by atoms with Gasteiger partial charge in [-0.2, -0.15) is 0 Å². The van der Waals surface area contributed by atoms with Gasteiger partial charge in [-0.25, -0.2) is 9.97 Å². The highest BCUT2D eigenvalue weighted by Crippen LogP contribution is 2.34. The molecule has 132 valence electrons. The first-order chi connectivity index (χ1) is 13.3. The summed E-state index contributed by atoms with van der Waals surface area (Å²) < 4.78 is 6.38. The van der Waals surface area contributed by atoms with Crippen LogP contribution in [0, 0.1) is 0 Å². The van der Waals surface area contributed by atoms with Gasteiger partial charge in [0.1, 0.15) is 11.6 Å². The van der Waals surface area contributed by atoms with E-state index in [0.717, 1.165) is 49.2 Å². The number of thiazole rings is 1. The number of aromatic nitrogens is 3. The third kappa shape index (κ3) is 2.90. The Morgan fingerprint density at radius 2 is 1.78 bits per heavy atom. The summed E-state index contributed by atoms with van der Waals surface area (Å²) in [6.07, 6.45) is 0. The minimum absolute atomic E-state index is 0.834. The molecule has 0 fully saturated rings. The number of para-hydroxylation sites is 3. The fourth-order valence-electron chi connectivity index (χ4n) is 3.08. The standard InChI is InChI=1S/C21H16N4OS/c1-26-13-10-11-18-19(12-13)27-21(25-18)24-15-7-3-2-6-14(15)20-22-16-8-4-5-9-17(16)23-20/h2-12H,1H3,(H,22,23)(H,24,25). The number of nitrogens with one attached hydrogen (secondary N) is 2. The van der Waals surface area contributed by atoms with Gasteiger partial charge in [0.15, 0.2) is 5.13 Å². The first kappa shape index (κ1) is 15.8. The summed E-state index contributed by atoms with van der Waals surface area (Å²) in [6.45, 7) is 0. The predicted octanol–water partition coefficient (Wildman–Crippen LogP) is 5.59. The molecule has 0 spiro atoms. The number of imidazole rings is 1. The predicted molar refractivity (Wildman–Crippen MR) is 111 cm³/mol. The van der Waals surface area contributed by atoms with E-state index in [-0.39, 0.29) is 0 Å². The minimum atomic E-state index is 0.834. The zero-order valence-corrected chi connectivity index (χ0v) is 15.4. The van der Waals surface area contributed by atoms with Crippen LogP contribution in [0.1, 0.15) is 0 Å². The number of hydrogen-bond acceptors (Lipinski definition) is 5. The lowest BCUT2D eigenvalue weighted by Crippen LogP contribution is -1.93. The molecule has 0 bridgehead atoms. The van der Waals surface area contributed by atoms with Crippen LogP contribution >= 0.6 is 11.3 Å². The number of fused-ring (bicyclic) bond motifs is 2. The number of methoxy groups -OCH3 is 1. The van der Waals surface area contributed by atoms with Crippen molar-refractivity contribution in [2.75, 3.05) is 12.4 Å². The van der Waals surface area contributed by atoms with Crippen molar-refractivity contribution < 1.29 is 4.74 Å². The largest absolute Gasteiger partial charge is 0.497 e. The molecule has 5 rings (SSSR count). The van der Waals surface area contributed by atoms with Gasteiger partial charge in [-0.15, -0.1) is 0 Å². The summed E-state index contributed by atoms with van der Waals surface area (Å²) in [4.78, 5) is 12.8. The lowest BCUT2D eigenvalue weighted by atomic mass is 10.1. The van der Waals surface area contributed by atoms with Gasteiger partial charge in [-0.1, -0.05) is 35.6 Å². The highest BCUT2D eigenvalue weighted by atomic mass is 32.1. The zero-order chi connectivity index (χ0) is 18.2. The summed E-state index contributed by atoms with van der Waals surface area (Å²) >= 11 is 1.60. The lowest BCUT2D eigenvalue weighted by molar-refractivity contribution is 0.415. The Kier molecular flexibility index (Phi) is 3.76. The molecule has 0 unspecified atom stereocenters. The maximum Gasteiger partial charge on any atom is 0.188 e. The van der Waals surface area contributed by atoms with Crippen molar-refractivity contribution in [2.24, 2.45) is 0 Å². The molecule has 5 aromatic rings. The fraction of sp³-hybridized carbons (Fsp3) is 0.0476. The summed E-state index contributed by atoms with van der Waals surface area (Å²) in [7, 11) is 1.67. The number of benzene rings is 3. The normalized spacial score (nSPS) is 11.1. The highest BCUT2D eigenvalue weighted by molar-refractivity contribution is 7.22. The average Bonchev–Trinajstić information content (AvgIpc) is 3.31. The Morgan fingerprint density at radius 1 is 0.926 bits per heavy atom. The first-order valence-electron chi connectivity index (χ1n) is 8.56. The van der Waals surface area contributed by atoms with E-state index >= 15 is 0 Å². The van der Waals surface area contributed by atoms with Gasteiger partial charge in [0.2, 0.25) is 0 Å². The van der Waals surface area contributed by atoms with Crippen LogP contribution in [0.5, 0.6) is 5.75 Å². The molecule has 27 heavy (non-hydrogen) atoms. The molecular weight excluding hydrogens is 356 g/mol. The smallest absolute Gasteiger partial charge is 0.188 e. The molecule has 0 amide bonds. The molecule has 0 aliphatic heterocycles. The van der Waals surface area contributed by atoms with Gasteiger partial charge < -0.3 is 15.0 Å². The summed E-state index contributed by atoms with van der Waals surface area (Å²) in [6, 6.07) is 22.0. The highest BCUT2D eigenvalue weighted by Gasteiger charge is 2.12. The van der Waals surface area contributed by atoms with E-state index in [1.807, 2.05) is 60.7 Å². The monoisotopic (exact) mass is 372 g/mol. The summed E-state index contributed by atoms with van der Waals surface area (Å²) in [5, 5.41) is 4.28. The van der Waals surface area contributed by atoms with Gasteiger partial charge in [0, 0.05) is 5.56 Å². The molecule has 3 aromatic carbocycles. The maximum atomic E-state index is 5.30. The van der Waals surface area contributed by atoms with Crippen molar-refractivity contribution in [2.45, 2.75) is 0 Å². The molecule has 0 aliphatic rings. The quantitative estimate of drug-likeness (QED) is 0.431. The van der Waals surface area contributed by atoms with Crippen molar-refractivity contribution in [1.82, 2.24) is 15.0 Å². The second-order valence-corrected chi connectivity index (χ2v) is 7.16. The van der Waals surface area contributed by atoms with Crippen LogP contribution in [-0.4, -0.2) is 22.1 Å². The van der Waals surface area contributed by atoms with Crippen LogP contribution in [0.25, 0.3) is 32.6 Å². The Balaban J connectivity index is 1.54. The molecule has 0 atom stereocenters. The van der Waals surface area contributed by atoms with E-state index in [0.29, 0.717) is 0 Å². The summed E-state index contributed by atoms with van der Waals surface area (Å²) in [5.41, 5.74) is 4.89. The van der Waals surface area contributed by atoms with E-state index in [4.69, 9.17) is 9.72 Å². The van der Waals surface area contributed by atoms with Crippen molar-refractivity contribution in [3.05, 3.63) is 66.7 Å². The van der Waals surface area contributed by atoms with Gasteiger partial charge in [-0.05, 0) is 42.5 Å². The third-order valence-electron chi connectivity index (χ3n) is 4.41. The topological polar surface area (TPSA) is 62.8 Å². The number of aromatic amines is 1. The van der Waals surface area contributed by atoms with Gasteiger partial charge in [-0.3, -0.25) is 0 Å². The molecule has 2 heterocycles. The Hall–Kier alpha value is -3.38. The maximum absolute atomic E-state index is 5.30. The molecule has 0 radical (unpaired) electrons. The number of H-pyrrole nitrogens is 1. The van der Waals surface area contributed by atoms with Crippen LogP contribution in [-0.2, 0) is 0 Å². The zero-order valence-electron chi connectivity index (χ0n) is 14.6. The molecule has 2 aromatic heterocycles. The molecule has 5 nitrogen and oxygen atoms in total. The van der Waals surface area contributed by atoms with Crippen LogP contribution in [0.15, 0.2) is 66.7 Å². The number of hydrogen-bond donors (Lipinski definition) is 2. The van der Waals surface area contributed by atoms with Crippen LogP contribution in [0.4, 0.5) is 10.8 Å². The fourth-order valence-corrected chi connectivity index (χ4v) is 3.99.